The van der Waals surface area contributed by atoms with Crippen LogP contribution in [0.4, 0.5) is 0 Å². The van der Waals surface area contributed by atoms with Gasteiger partial charge in [0.05, 0.1) is 12.0 Å². The van der Waals surface area contributed by atoms with Gasteiger partial charge in [-0.1, -0.05) is 27.7 Å². The molecule has 3 heteroatoms. The first-order valence-electron chi connectivity index (χ1n) is 7.49. The molecule has 1 aliphatic rings. The Morgan fingerprint density at radius 2 is 1.89 bits per heavy atom. The molecule has 0 aromatic carbocycles. The minimum atomic E-state index is 0.155. The van der Waals surface area contributed by atoms with Gasteiger partial charge in [0.2, 0.25) is 0 Å². The van der Waals surface area contributed by atoms with Crippen LogP contribution in [0.2, 0.25) is 0 Å². The molecule has 0 saturated carbocycles. The number of imidazole rings is 1. The van der Waals surface area contributed by atoms with Crippen LogP contribution < -0.4 is 0 Å². The number of rotatable bonds is 5. The van der Waals surface area contributed by atoms with Crippen molar-refractivity contribution in [3.8, 4) is 0 Å². The second-order valence-electron chi connectivity index (χ2n) is 7.21. The molecule has 0 bridgehead atoms. The molecule has 0 unspecified atom stereocenters. The van der Waals surface area contributed by atoms with Crippen molar-refractivity contribution in [2.45, 2.75) is 58.8 Å². The van der Waals surface area contributed by atoms with Crippen molar-refractivity contribution in [3.63, 3.8) is 0 Å². The highest BCUT2D eigenvalue weighted by Gasteiger charge is 2.33. The Balaban J connectivity index is 1.93. The standard InChI is InChI=1S/C16H28N2O/c1-15(2,13-5-9-19-10-6-13)7-8-16(3,4)14-11-17-12-18-14/h11-13H,5-10H2,1-4H3,(H,17,18). The van der Waals surface area contributed by atoms with E-state index in [1.165, 1.54) is 31.4 Å². The Hall–Kier alpha value is -0.830. The number of aromatic amines is 1. The van der Waals surface area contributed by atoms with Gasteiger partial charge >= 0.3 is 0 Å². The van der Waals surface area contributed by atoms with Crippen molar-refractivity contribution in [1.82, 2.24) is 9.97 Å². The topological polar surface area (TPSA) is 37.9 Å². The lowest BCUT2D eigenvalue weighted by molar-refractivity contribution is 0.0172. The fraction of sp³-hybridized carbons (Fsp3) is 0.812. The number of nitrogens with one attached hydrogen (secondary N) is 1. The largest absolute Gasteiger partial charge is 0.381 e. The van der Waals surface area contributed by atoms with Crippen LogP contribution in [0.15, 0.2) is 12.5 Å². The quantitative estimate of drug-likeness (QED) is 0.875. The molecule has 1 aromatic heterocycles. The van der Waals surface area contributed by atoms with E-state index in [1.54, 1.807) is 6.33 Å². The maximum atomic E-state index is 5.49. The number of H-pyrrole nitrogens is 1. The first kappa shape index (κ1) is 14.6. The van der Waals surface area contributed by atoms with Crippen LogP contribution in [0.25, 0.3) is 0 Å². The molecule has 19 heavy (non-hydrogen) atoms. The molecule has 108 valence electrons. The van der Waals surface area contributed by atoms with Gasteiger partial charge in [0.15, 0.2) is 0 Å². The summed E-state index contributed by atoms with van der Waals surface area (Å²) in [6, 6.07) is 0. The van der Waals surface area contributed by atoms with Crippen LogP contribution in [0.5, 0.6) is 0 Å². The van der Waals surface area contributed by atoms with E-state index in [4.69, 9.17) is 4.74 Å². The molecule has 0 amide bonds. The van der Waals surface area contributed by atoms with Gasteiger partial charge in [-0.2, -0.15) is 0 Å². The highest BCUT2D eigenvalue weighted by Crippen LogP contribution is 2.41. The summed E-state index contributed by atoms with van der Waals surface area (Å²) in [5, 5.41) is 0. The zero-order valence-corrected chi connectivity index (χ0v) is 12.8. The Bertz CT molecular complexity index is 375. The predicted molar refractivity (Wildman–Crippen MR) is 78.2 cm³/mol. The van der Waals surface area contributed by atoms with Gasteiger partial charge < -0.3 is 9.72 Å². The lowest BCUT2D eigenvalue weighted by atomic mass is 9.69. The Kier molecular flexibility index (Phi) is 4.34. The van der Waals surface area contributed by atoms with Crippen molar-refractivity contribution in [1.29, 1.82) is 0 Å². The highest BCUT2D eigenvalue weighted by molar-refractivity contribution is 5.09. The lowest BCUT2D eigenvalue weighted by Crippen LogP contribution is -2.32. The molecule has 1 aliphatic heterocycles. The molecule has 2 rings (SSSR count). The minimum absolute atomic E-state index is 0.155. The fourth-order valence-electron chi connectivity index (χ4n) is 3.08. The summed E-state index contributed by atoms with van der Waals surface area (Å²) in [4.78, 5) is 7.49. The van der Waals surface area contributed by atoms with Crippen molar-refractivity contribution < 1.29 is 4.74 Å². The smallest absolute Gasteiger partial charge is 0.0923 e. The van der Waals surface area contributed by atoms with Crippen molar-refractivity contribution in [3.05, 3.63) is 18.2 Å². The third-order valence-electron chi connectivity index (χ3n) is 4.91. The van der Waals surface area contributed by atoms with Crippen LogP contribution in [-0.4, -0.2) is 23.2 Å². The summed E-state index contributed by atoms with van der Waals surface area (Å²) in [5.41, 5.74) is 1.73. The van der Waals surface area contributed by atoms with E-state index in [1.807, 2.05) is 6.20 Å². The molecule has 1 saturated heterocycles. The number of ether oxygens (including phenoxy) is 1. The second kappa shape index (κ2) is 5.66. The second-order valence-corrected chi connectivity index (χ2v) is 7.21. The normalized spacial score (nSPS) is 18.7. The molecule has 1 N–H and O–H groups in total. The molecule has 0 aliphatic carbocycles. The molecule has 1 fully saturated rings. The van der Waals surface area contributed by atoms with E-state index in [0.717, 1.165) is 19.1 Å². The predicted octanol–water partition coefficient (Wildman–Crippen LogP) is 3.92. The first-order valence-corrected chi connectivity index (χ1v) is 7.49. The number of hydrogen-bond acceptors (Lipinski definition) is 2. The summed E-state index contributed by atoms with van der Waals surface area (Å²) in [5.74, 6) is 0.802. The molecular weight excluding hydrogens is 236 g/mol. The van der Waals surface area contributed by atoms with Crippen molar-refractivity contribution in [2.75, 3.05) is 13.2 Å². The maximum absolute atomic E-state index is 5.49. The van der Waals surface area contributed by atoms with Gasteiger partial charge in [0, 0.05) is 24.8 Å². The molecule has 2 heterocycles. The van der Waals surface area contributed by atoms with E-state index in [-0.39, 0.29) is 5.41 Å². The highest BCUT2D eigenvalue weighted by atomic mass is 16.5. The third-order valence-corrected chi connectivity index (χ3v) is 4.91. The summed E-state index contributed by atoms with van der Waals surface area (Å²) in [6.45, 7) is 11.3. The molecule has 0 radical (unpaired) electrons. The van der Waals surface area contributed by atoms with Crippen molar-refractivity contribution in [2.24, 2.45) is 11.3 Å². The fourth-order valence-corrected chi connectivity index (χ4v) is 3.08. The monoisotopic (exact) mass is 264 g/mol. The van der Waals surface area contributed by atoms with Crippen LogP contribution >= 0.6 is 0 Å². The molecule has 1 aromatic rings. The summed E-state index contributed by atoms with van der Waals surface area (Å²) in [6.07, 6.45) is 8.67. The van der Waals surface area contributed by atoms with Gasteiger partial charge in [-0.3, -0.25) is 0 Å². The SMILES string of the molecule is CC(C)(CCC(C)(C)C1CCOCC1)c1c[nH]cn1. The van der Waals surface area contributed by atoms with Gasteiger partial charge in [-0.15, -0.1) is 0 Å². The number of hydrogen-bond donors (Lipinski definition) is 1. The van der Waals surface area contributed by atoms with Crippen LogP contribution in [0.3, 0.4) is 0 Å². The Morgan fingerprint density at radius 1 is 1.21 bits per heavy atom. The lowest BCUT2D eigenvalue weighted by Gasteiger charge is -2.39. The summed E-state index contributed by atoms with van der Waals surface area (Å²) in [7, 11) is 0. The number of aromatic nitrogens is 2. The summed E-state index contributed by atoms with van der Waals surface area (Å²) < 4.78 is 5.49. The maximum Gasteiger partial charge on any atom is 0.0923 e. The average Bonchev–Trinajstić information content (AvgIpc) is 2.93. The molecule has 0 atom stereocenters. The van der Waals surface area contributed by atoms with E-state index in [2.05, 4.69) is 37.7 Å². The zero-order valence-electron chi connectivity index (χ0n) is 12.8. The first-order chi connectivity index (χ1) is 8.92. The molecule has 3 nitrogen and oxygen atoms in total. The summed E-state index contributed by atoms with van der Waals surface area (Å²) >= 11 is 0. The molecule has 0 spiro atoms. The third kappa shape index (κ3) is 3.59. The van der Waals surface area contributed by atoms with E-state index >= 15 is 0 Å². The van der Waals surface area contributed by atoms with Crippen LogP contribution in [0.1, 0.15) is 59.1 Å². The average molecular weight is 264 g/mol. The molecular formula is C16H28N2O. The van der Waals surface area contributed by atoms with Gasteiger partial charge in [0.25, 0.3) is 0 Å². The van der Waals surface area contributed by atoms with Gasteiger partial charge in [-0.05, 0) is 37.0 Å². The zero-order chi connectivity index (χ0) is 13.9. The van der Waals surface area contributed by atoms with Crippen LogP contribution in [0, 0.1) is 11.3 Å². The van der Waals surface area contributed by atoms with Gasteiger partial charge in [0.1, 0.15) is 0 Å². The number of nitrogens with zero attached hydrogens (tertiary/aromatic N) is 1. The van der Waals surface area contributed by atoms with E-state index < -0.39 is 0 Å². The van der Waals surface area contributed by atoms with E-state index in [9.17, 15) is 0 Å². The van der Waals surface area contributed by atoms with Gasteiger partial charge in [-0.25, -0.2) is 4.98 Å². The van der Waals surface area contributed by atoms with Crippen molar-refractivity contribution >= 4 is 0 Å². The minimum Gasteiger partial charge on any atom is -0.381 e. The van der Waals surface area contributed by atoms with E-state index in [0.29, 0.717) is 5.41 Å². The van der Waals surface area contributed by atoms with Crippen LogP contribution in [-0.2, 0) is 10.2 Å². The Labute approximate surface area is 117 Å². The Morgan fingerprint density at radius 3 is 2.47 bits per heavy atom.